The van der Waals surface area contributed by atoms with Gasteiger partial charge in [0.25, 0.3) is 0 Å². The van der Waals surface area contributed by atoms with Crippen molar-refractivity contribution in [3.8, 4) is 17.4 Å². The Hall–Kier alpha value is -2.18. The van der Waals surface area contributed by atoms with Gasteiger partial charge in [-0.15, -0.1) is 0 Å². The van der Waals surface area contributed by atoms with Crippen LogP contribution in [0.3, 0.4) is 0 Å². The highest BCUT2D eigenvalue weighted by Gasteiger charge is 2.13. The van der Waals surface area contributed by atoms with Crippen molar-refractivity contribution in [3.63, 3.8) is 0 Å². The fourth-order valence-corrected chi connectivity index (χ4v) is 3.52. The lowest BCUT2D eigenvalue weighted by atomic mass is 10.2. The summed E-state index contributed by atoms with van der Waals surface area (Å²) >= 11 is 18.9. The highest BCUT2D eigenvalue weighted by atomic mass is 35.5. The smallest absolute Gasteiger partial charge is 0.213 e. The lowest BCUT2D eigenvalue weighted by Crippen LogP contribution is -2.21. The number of benzene rings is 2. The maximum atomic E-state index is 6.49. The van der Waals surface area contributed by atoms with Gasteiger partial charge in [0.15, 0.2) is 11.5 Å². The third-order valence-corrected chi connectivity index (χ3v) is 5.39. The first kappa shape index (κ1) is 23.5. The number of ether oxygens (including phenoxy) is 3. The van der Waals surface area contributed by atoms with Crippen LogP contribution in [0.1, 0.15) is 18.1 Å². The van der Waals surface area contributed by atoms with Crippen LogP contribution in [0.15, 0.2) is 54.7 Å². The topological polar surface area (TPSA) is 52.6 Å². The van der Waals surface area contributed by atoms with Gasteiger partial charge in [-0.1, -0.05) is 46.9 Å². The van der Waals surface area contributed by atoms with Crippen LogP contribution in [0.5, 0.6) is 17.4 Å². The molecule has 2 aromatic carbocycles. The van der Waals surface area contributed by atoms with Crippen molar-refractivity contribution < 1.29 is 14.2 Å². The largest absolute Gasteiger partial charge is 0.490 e. The SMILES string of the molecule is CCOc1cc(CNCCOc2ccccn2)c(Cl)cc1OCc1c(Cl)cccc1Cl. The summed E-state index contributed by atoms with van der Waals surface area (Å²) in [6, 6.07) is 14.5. The minimum atomic E-state index is 0.206. The van der Waals surface area contributed by atoms with Gasteiger partial charge < -0.3 is 19.5 Å². The maximum absolute atomic E-state index is 6.49. The van der Waals surface area contributed by atoms with E-state index in [0.29, 0.717) is 64.3 Å². The van der Waals surface area contributed by atoms with Crippen molar-refractivity contribution in [1.29, 1.82) is 0 Å². The molecule has 0 bridgehead atoms. The molecular weight excluding hydrogens is 459 g/mol. The molecule has 0 unspecified atom stereocenters. The average molecular weight is 482 g/mol. The van der Waals surface area contributed by atoms with E-state index < -0.39 is 0 Å². The number of hydrogen-bond donors (Lipinski definition) is 1. The third kappa shape index (κ3) is 6.91. The van der Waals surface area contributed by atoms with Gasteiger partial charge in [-0.05, 0) is 36.8 Å². The van der Waals surface area contributed by atoms with Crippen molar-refractivity contribution in [2.24, 2.45) is 0 Å². The second-order valence-corrected chi connectivity index (χ2v) is 7.73. The molecule has 0 saturated heterocycles. The van der Waals surface area contributed by atoms with Gasteiger partial charge in [0.1, 0.15) is 13.2 Å². The number of nitrogens with one attached hydrogen (secondary N) is 1. The molecule has 164 valence electrons. The second kappa shape index (κ2) is 12.0. The standard InChI is InChI=1S/C23H23Cl3N2O3/c1-2-29-21-12-16(14-27-10-11-30-23-8-3-4-9-28-23)20(26)13-22(21)31-15-17-18(24)6-5-7-19(17)25/h3-9,12-13,27H,2,10-11,14-15H2,1H3. The Balaban J connectivity index is 1.60. The maximum Gasteiger partial charge on any atom is 0.213 e. The zero-order chi connectivity index (χ0) is 22.1. The van der Waals surface area contributed by atoms with Gasteiger partial charge >= 0.3 is 0 Å². The molecule has 0 atom stereocenters. The molecule has 5 nitrogen and oxygen atoms in total. The van der Waals surface area contributed by atoms with Gasteiger partial charge in [-0.2, -0.15) is 0 Å². The fraction of sp³-hybridized carbons (Fsp3) is 0.261. The van der Waals surface area contributed by atoms with E-state index in [0.717, 1.165) is 5.56 Å². The third-order valence-electron chi connectivity index (χ3n) is 4.33. The molecule has 1 aromatic heterocycles. The molecule has 0 saturated carbocycles. The van der Waals surface area contributed by atoms with E-state index in [4.69, 9.17) is 49.0 Å². The number of nitrogens with zero attached hydrogens (tertiary/aromatic N) is 1. The highest BCUT2D eigenvalue weighted by molar-refractivity contribution is 6.36. The summed E-state index contributed by atoms with van der Waals surface area (Å²) in [6.07, 6.45) is 1.70. The molecule has 0 radical (unpaired) electrons. The van der Waals surface area contributed by atoms with Gasteiger partial charge in [0.2, 0.25) is 5.88 Å². The molecule has 1 N–H and O–H groups in total. The van der Waals surface area contributed by atoms with Crippen molar-refractivity contribution in [3.05, 3.63) is 80.9 Å². The van der Waals surface area contributed by atoms with E-state index in [1.807, 2.05) is 31.2 Å². The van der Waals surface area contributed by atoms with E-state index in [9.17, 15) is 0 Å². The summed E-state index contributed by atoms with van der Waals surface area (Å²) in [5.41, 5.74) is 1.61. The summed E-state index contributed by atoms with van der Waals surface area (Å²) in [4.78, 5) is 4.12. The Labute approximate surface area is 197 Å². The molecule has 31 heavy (non-hydrogen) atoms. The summed E-state index contributed by atoms with van der Waals surface area (Å²) in [5, 5.41) is 4.97. The van der Waals surface area contributed by atoms with Crippen LogP contribution in [0, 0.1) is 0 Å². The van der Waals surface area contributed by atoms with Crippen molar-refractivity contribution in [2.75, 3.05) is 19.8 Å². The molecule has 0 aliphatic heterocycles. The molecule has 0 aliphatic rings. The summed E-state index contributed by atoms with van der Waals surface area (Å²) < 4.78 is 17.3. The van der Waals surface area contributed by atoms with Crippen molar-refractivity contribution in [2.45, 2.75) is 20.1 Å². The van der Waals surface area contributed by atoms with Crippen LogP contribution in [-0.2, 0) is 13.2 Å². The average Bonchev–Trinajstić information content (AvgIpc) is 2.76. The van der Waals surface area contributed by atoms with Crippen LogP contribution >= 0.6 is 34.8 Å². The fourth-order valence-electron chi connectivity index (χ4n) is 2.80. The molecule has 8 heteroatoms. The van der Waals surface area contributed by atoms with Crippen LogP contribution in [-0.4, -0.2) is 24.7 Å². The number of hydrogen-bond acceptors (Lipinski definition) is 5. The molecule has 0 spiro atoms. The van der Waals surface area contributed by atoms with E-state index in [2.05, 4.69) is 10.3 Å². The molecule has 1 heterocycles. The number of halogens is 3. The minimum Gasteiger partial charge on any atom is -0.490 e. The quantitative estimate of drug-likeness (QED) is 0.331. The lowest BCUT2D eigenvalue weighted by Gasteiger charge is -2.16. The van der Waals surface area contributed by atoms with Gasteiger partial charge in [-0.25, -0.2) is 4.98 Å². The zero-order valence-electron chi connectivity index (χ0n) is 17.0. The Bertz CT molecular complexity index is 967. The summed E-state index contributed by atoms with van der Waals surface area (Å²) in [7, 11) is 0. The van der Waals surface area contributed by atoms with Crippen LogP contribution in [0.25, 0.3) is 0 Å². The summed E-state index contributed by atoms with van der Waals surface area (Å²) in [6.45, 7) is 4.30. The monoisotopic (exact) mass is 480 g/mol. The predicted octanol–water partition coefficient (Wildman–Crippen LogP) is 6.19. The Morgan fingerprint density at radius 1 is 0.871 bits per heavy atom. The first-order valence-electron chi connectivity index (χ1n) is 9.84. The molecule has 0 aliphatic carbocycles. The Morgan fingerprint density at radius 2 is 1.65 bits per heavy atom. The van der Waals surface area contributed by atoms with Crippen LogP contribution in [0.4, 0.5) is 0 Å². The first-order valence-corrected chi connectivity index (χ1v) is 11.0. The van der Waals surface area contributed by atoms with Crippen LogP contribution < -0.4 is 19.5 Å². The van der Waals surface area contributed by atoms with Gasteiger partial charge in [-0.3, -0.25) is 0 Å². The zero-order valence-corrected chi connectivity index (χ0v) is 19.3. The minimum absolute atomic E-state index is 0.206. The van der Waals surface area contributed by atoms with Gasteiger partial charge in [0.05, 0.1) is 6.61 Å². The lowest BCUT2D eigenvalue weighted by molar-refractivity contribution is 0.269. The van der Waals surface area contributed by atoms with Gasteiger partial charge in [0, 0.05) is 52.1 Å². The molecular formula is C23H23Cl3N2O3. The molecule has 3 aromatic rings. The molecule has 0 fully saturated rings. The first-order chi connectivity index (χ1) is 15.1. The number of pyridine rings is 1. The molecule has 3 rings (SSSR count). The van der Waals surface area contributed by atoms with Crippen molar-refractivity contribution >= 4 is 34.8 Å². The molecule has 0 amide bonds. The number of aromatic nitrogens is 1. The van der Waals surface area contributed by atoms with Crippen molar-refractivity contribution in [1.82, 2.24) is 10.3 Å². The second-order valence-electron chi connectivity index (χ2n) is 6.51. The normalized spacial score (nSPS) is 10.7. The van der Waals surface area contributed by atoms with E-state index in [1.54, 1.807) is 30.5 Å². The van der Waals surface area contributed by atoms with E-state index in [-0.39, 0.29) is 6.61 Å². The summed E-state index contributed by atoms with van der Waals surface area (Å²) in [5.74, 6) is 1.74. The highest BCUT2D eigenvalue weighted by Crippen LogP contribution is 2.35. The van der Waals surface area contributed by atoms with E-state index in [1.165, 1.54) is 0 Å². The Kier molecular flexibility index (Phi) is 9.10. The Morgan fingerprint density at radius 3 is 2.35 bits per heavy atom. The van der Waals surface area contributed by atoms with E-state index >= 15 is 0 Å². The van der Waals surface area contributed by atoms with Crippen LogP contribution in [0.2, 0.25) is 15.1 Å². The number of rotatable bonds is 11. The predicted molar refractivity (Wildman–Crippen MR) is 125 cm³/mol.